The molecular formula is C12H22N2O2. The number of rotatable bonds is 2. The lowest BCUT2D eigenvalue weighted by Crippen LogP contribution is -2.34. The Morgan fingerprint density at radius 3 is 2.88 bits per heavy atom. The van der Waals surface area contributed by atoms with Gasteiger partial charge >= 0.3 is 6.09 Å². The van der Waals surface area contributed by atoms with Crippen LogP contribution in [0.4, 0.5) is 4.79 Å². The van der Waals surface area contributed by atoms with E-state index in [4.69, 9.17) is 4.74 Å². The first-order chi connectivity index (χ1) is 7.41. The Morgan fingerprint density at radius 1 is 1.56 bits per heavy atom. The molecule has 0 aromatic heterocycles. The summed E-state index contributed by atoms with van der Waals surface area (Å²) in [6.07, 6.45) is 2.21. The molecule has 1 aliphatic carbocycles. The molecule has 1 saturated carbocycles. The van der Waals surface area contributed by atoms with Gasteiger partial charge in [-0.2, -0.15) is 0 Å². The van der Waals surface area contributed by atoms with Gasteiger partial charge in [0.15, 0.2) is 0 Å². The van der Waals surface area contributed by atoms with Gasteiger partial charge in [0.25, 0.3) is 0 Å². The number of amides is 1. The predicted molar refractivity (Wildman–Crippen MR) is 62.3 cm³/mol. The molecular weight excluding hydrogens is 204 g/mol. The fraction of sp³-hybridized carbons (Fsp3) is 0.917. The monoisotopic (exact) mass is 226 g/mol. The molecule has 16 heavy (non-hydrogen) atoms. The van der Waals surface area contributed by atoms with E-state index in [1.54, 1.807) is 0 Å². The lowest BCUT2D eigenvalue weighted by molar-refractivity contribution is 0.0523. The molecule has 0 bridgehead atoms. The third kappa shape index (κ3) is 2.67. The number of nitrogens with one attached hydrogen (secondary N) is 2. The van der Waals surface area contributed by atoms with E-state index in [2.05, 4.69) is 10.6 Å². The molecule has 0 aromatic rings. The van der Waals surface area contributed by atoms with Gasteiger partial charge in [-0.15, -0.1) is 0 Å². The Bertz CT molecular complexity index is 277. The lowest BCUT2D eigenvalue weighted by atomic mass is 10.0. The van der Waals surface area contributed by atoms with E-state index in [0.29, 0.717) is 11.3 Å². The van der Waals surface area contributed by atoms with Gasteiger partial charge in [-0.1, -0.05) is 0 Å². The molecule has 2 atom stereocenters. The van der Waals surface area contributed by atoms with Crippen LogP contribution in [0.2, 0.25) is 0 Å². The van der Waals surface area contributed by atoms with Crippen molar-refractivity contribution in [2.75, 3.05) is 19.6 Å². The number of alkyl carbamates (subject to hydrolysis) is 1. The van der Waals surface area contributed by atoms with Crippen LogP contribution in [0.3, 0.4) is 0 Å². The SMILES string of the molecule is CC(C)(C)OC(=O)NCC1CC12CCNC2. The maximum absolute atomic E-state index is 11.4. The second-order valence-electron chi connectivity index (χ2n) is 6.07. The zero-order valence-corrected chi connectivity index (χ0v) is 10.4. The van der Waals surface area contributed by atoms with Gasteiger partial charge in [-0.25, -0.2) is 4.79 Å². The largest absolute Gasteiger partial charge is 0.444 e. The summed E-state index contributed by atoms with van der Waals surface area (Å²) in [4.78, 5) is 11.4. The van der Waals surface area contributed by atoms with Crippen molar-refractivity contribution >= 4 is 6.09 Å². The van der Waals surface area contributed by atoms with Gasteiger partial charge in [0.2, 0.25) is 0 Å². The average molecular weight is 226 g/mol. The average Bonchev–Trinajstić information content (AvgIpc) is 2.54. The standard InChI is InChI=1S/C12H22N2O2/c1-11(2,3)16-10(15)14-7-9-6-12(9)4-5-13-8-12/h9,13H,4-8H2,1-3H3,(H,14,15). The summed E-state index contributed by atoms with van der Waals surface area (Å²) >= 11 is 0. The number of carbonyl (C=O) groups excluding carboxylic acids is 1. The van der Waals surface area contributed by atoms with Crippen LogP contribution in [-0.4, -0.2) is 31.3 Å². The van der Waals surface area contributed by atoms with Crippen LogP contribution in [0, 0.1) is 11.3 Å². The molecule has 1 heterocycles. The molecule has 1 amide bonds. The van der Waals surface area contributed by atoms with Gasteiger partial charge in [-0.05, 0) is 51.5 Å². The van der Waals surface area contributed by atoms with E-state index in [1.165, 1.54) is 12.8 Å². The summed E-state index contributed by atoms with van der Waals surface area (Å²) in [5.74, 6) is 0.648. The molecule has 1 aliphatic heterocycles. The first kappa shape index (κ1) is 11.7. The van der Waals surface area contributed by atoms with Crippen LogP contribution in [0.25, 0.3) is 0 Å². The minimum absolute atomic E-state index is 0.291. The fourth-order valence-corrected chi connectivity index (χ4v) is 2.53. The van der Waals surface area contributed by atoms with E-state index >= 15 is 0 Å². The zero-order chi connectivity index (χ0) is 11.8. The van der Waals surface area contributed by atoms with Crippen LogP contribution < -0.4 is 10.6 Å². The van der Waals surface area contributed by atoms with E-state index in [1.807, 2.05) is 20.8 Å². The van der Waals surface area contributed by atoms with Gasteiger partial charge in [0, 0.05) is 13.1 Å². The van der Waals surface area contributed by atoms with Crippen molar-refractivity contribution in [3.63, 3.8) is 0 Å². The van der Waals surface area contributed by atoms with Crippen molar-refractivity contribution in [2.24, 2.45) is 11.3 Å². The lowest BCUT2D eigenvalue weighted by Gasteiger charge is -2.19. The summed E-state index contributed by atoms with van der Waals surface area (Å²) in [6.45, 7) is 8.65. The van der Waals surface area contributed by atoms with Crippen molar-refractivity contribution in [1.29, 1.82) is 0 Å². The summed E-state index contributed by atoms with van der Waals surface area (Å²) in [6, 6.07) is 0. The van der Waals surface area contributed by atoms with Gasteiger partial charge in [0.1, 0.15) is 5.60 Å². The smallest absolute Gasteiger partial charge is 0.407 e. The first-order valence-electron chi connectivity index (χ1n) is 6.09. The maximum atomic E-state index is 11.4. The third-order valence-electron chi connectivity index (χ3n) is 3.53. The first-order valence-corrected chi connectivity index (χ1v) is 6.09. The molecule has 2 N–H and O–H groups in total. The Hall–Kier alpha value is -0.770. The third-order valence-corrected chi connectivity index (χ3v) is 3.53. The number of ether oxygens (including phenoxy) is 1. The molecule has 92 valence electrons. The Labute approximate surface area is 97.1 Å². The van der Waals surface area contributed by atoms with Gasteiger partial charge in [-0.3, -0.25) is 0 Å². The van der Waals surface area contributed by atoms with Crippen LogP contribution in [0.5, 0.6) is 0 Å². The molecule has 0 radical (unpaired) electrons. The molecule has 4 heteroatoms. The highest BCUT2D eigenvalue weighted by molar-refractivity contribution is 5.67. The normalized spacial score (nSPS) is 32.8. The quantitative estimate of drug-likeness (QED) is 0.750. The van der Waals surface area contributed by atoms with Crippen LogP contribution >= 0.6 is 0 Å². The van der Waals surface area contributed by atoms with E-state index in [-0.39, 0.29) is 6.09 Å². The van der Waals surface area contributed by atoms with Gasteiger partial charge < -0.3 is 15.4 Å². The number of carbonyl (C=O) groups is 1. The summed E-state index contributed by atoms with van der Waals surface area (Å²) in [5.41, 5.74) is 0.0925. The molecule has 2 rings (SSSR count). The highest BCUT2D eigenvalue weighted by Gasteiger charge is 2.54. The Morgan fingerprint density at radius 2 is 2.31 bits per heavy atom. The molecule has 2 aliphatic rings. The molecule has 1 spiro atoms. The predicted octanol–water partition coefficient (Wildman–Crippen LogP) is 1.51. The Kier molecular flexibility index (Phi) is 2.86. The highest BCUT2D eigenvalue weighted by atomic mass is 16.6. The Balaban J connectivity index is 1.67. The van der Waals surface area contributed by atoms with Gasteiger partial charge in [0.05, 0.1) is 0 Å². The van der Waals surface area contributed by atoms with Crippen molar-refractivity contribution in [3.8, 4) is 0 Å². The molecule has 1 saturated heterocycles. The molecule has 2 fully saturated rings. The van der Waals surface area contributed by atoms with Crippen LogP contribution in [0.15, 0.2) is 0 Å². The summed E-state index contributed by atoms with van der Waals surface area (Å²) in [7, 11) is 0. The zero-order valence-electron chi connectivity index (χ0n) is 10.4. The van der Waals surface area contributed by atoms with Crippen molar-refractivity contribution in [1.82, 2.24) is 10.6 Å². The van der Waals surface area contributed by atoms with Crippen molar-refractivity contribution in [2.45, 2.75) is 39.2 Å². The second-order valence-corrected chi connectivity index (χ2v) is 6.07. The summed E-state index contributed by atoms with van der Waals surface area (Å²) in [5, 5.41) is 6.25. The van der Waals surface area contributed by atoms with Crippen LogP contribution in [0.1, 0.15) is 33.6 Å². The summed E-state index contributed by atoms with van der Waals surface area (Å²) < 4.78 is 5.20. The number of hydrogen-bond donors (Lipinski definition) is 2. The van der Waals surface area contributed by atoms with E-state index in [0.717, 1.165) is 19.6 Å². The molecule has 4 nitrogen and oxygen atoms in total. The topological polar surface area (TPSA) is 50.4 Å². The molecule has 2 unspecified atom stereocenters. The number of hydrogen-bond acceptors (Lipinski definition) is 3. The minimum atomic E-state index is -0.403. The van der Waals surface area contributed by atoms with Crippen molar-refractivity contribution < 1.29 is 9.53 Å². The van der Waals surface area contributed by atoms with Crippen molar-refractivity contribution in [3.05, 3.63) is 0 Å². The van der Waals surface area contributed by atoms with E-state index < -0.39 is 5.60 Å². The maximum Gasteiger partial charge on any atom is 0.407 e. The van der Waals surface area contributed by atoms with E-state index in [9.17, 15) is 4.79 Å². The minimum Gasteiger partial charge on any atom is -0.444 e. The second kappa shape index (κ2) is 3.91. The fourth-order valence-electron chi connectivity index (χ4n) is 2.53. The molecule has 0 aromatic carbocycles. The highest BCUT2D eigenvalue weighted by Crippen LogP contribution is 2.56. The van der Waals surface area contributed by atoms with Crippen LogP contribution in [-0.2, 0) is 4.74 Å².